The summed E-state index contributed by atoms with van der Waals surface area (Å²) in [5.74, 6) is 2.48. The number of rotatable bonds is 12. The first kappa shape index (κ1) is 24.9. The molecule has 1 saturated heterocycles. The molecule has 1 fully saturated rings. The minimum Gasteiger partial charge on any atom is -0.493 e. The second kappa shape index (κ2) is 13.1. The summed E-state index contributed by atoms with van der Waals surface area (Å²) in [7, 11) is 3.11. The van der Waals surface area contributed by atoms with Crippen molar-refractivity contribution in [3.63, 3.8) is 0 Å². The molecule has 1 aromatic carbocycles. The van der Waals surface area contributed by atoms with Gasteiger partial charge in [0.05, 0.1) is 19.8 Å². The highest BCUT2D eigenvalue weighted by Gasteiger charge is 2.31. The van der Waals surface area contributed by atoms with Gasteiger partial charge in [-0.25, -0.2) is 0 Å². The molecule has 0 saturated carbocycles. The van der Waals surface area contributed by atoms with Crippen LogP contribution in [-0.4, -0.2) is 87.9 Å². The topological polar surface area (TPSA) is 74.9 Å². The zero-order valence-corrected chi connectivity index (χ0v) is 20.9. The summed E-state index contributed by atoms with van der Waals surface area (Å²) in [6, 6.07) is 4.40. The molecule has 29 heavy (non-hydrogen) atoms. The number of thiol groups is 2. The molecule has 0 bridgehead atoms. The summed E-state index contributed by atoms with van der Waals surface area (Å²) >= 11 is 10.7. The molecular weight excluding hydrogens is 523 g/mol. The fraction of sp³-hybridized carbons (Fsp3) is 0.632. The molecule has 7 nitrogen and oxygen atoms in total. The minimum absolute atomic E-state index is 0.160. The van der Waals surface area contributed by atoms with E-state index in [-0.39, 0.29) is 5.91 Å². The van der Waals surface area contributed by atoms with Gasteiger partial charge in [0.25, 0.3) is 5.91 Å². The number of halogens is 1. The van der Waals surface area contributed by atoms with Crippen molar-refractivity contribution in [3.8, 4) is 11.5 Å². The first-order chi connectivity index (χ1) is 14.0. The summed E-state index contributed by atoms with van der Waals surface area (Å²) in [6.45, 7) is 4.99. The Hall–Kier alpha value is -0.400. The number of carbonyl (C=O) groups is 1. The Balaban J connectivity index is 1.91. The van der Waals surface area contributed by atoms with Crippen molar-refractivity contribution in [1.29, 1.82) is 0 Å². The van der Waals surface area contributed by atoms with Crippen LogP contribution < -0.4 is 25.4 Å². The van der Waals surface area contributed by atoms with Crippen LogP contribution in [0.1, 0.15) is 10.4 Å². The van der Waals surface area contributed by atoms with Crippen LogP contribution in [0.3, 0.4) is 0 Å². The third-order valence-electron chi connectivity index (χ3n) is 4.83. The summed E-state index contributed by atoms with van der Waals surface area (Å²) in [4.78, 5) is 15.1. The maximum Gasteiger partial charge on any atom is 0.255 e. The molecule has 164 valence electrons. The van der Waals surface area contributed by atoms with Crippen LogP contribution in [0.25, 0.3) is 0 Å². The Labute approximate surface area is 198 Å². The van der Waals surface area contributed by atoms with Crippen molar-refractivity contribution in [2.75, 3.05) is 65.0 Å². The third kappa shape index (κ3) is 7.35. The summed E-state index contributed by atoms with van der Waals surface area (Å²) < 4.78 is 11.7. The molecule has 10 heteroatoms. The van der Waals surface area contributed by atoms with Gasteiger partial charge in [0, 0.05) is 66.4 Å². The second-order valence-corrected chi connectivity index (χ2v) is 8.91. The highest BCUT2D eigenvalue weighted by Crippen LogP contribution is 2.33. The van der Waals surface area contributed by atoms with E-state index >= 15 is 0 Å². The van der Waals surface area contributed by atoms with E-state index in [0.717, 1.165) is 47.8 Å². The van der Waals surface area contributed by atoms with Gasteiger partial charge in [0.2, 0.25) is 0 Å². The van der Waals surface area contributed by atoms with Crippen molar-refractivity contribution in [2.45, 2.75) is 12.1 Å². The van der Waals surface area contributed by atoms with Crippen LogP contribution in [0.15, 0.2) is 12.1 Å². The average Bonchev–Trinajstić information content (AvgIpc) is 3.11. The van der Waals surface area contributed by atoms with Gasteiger partial charge in [-0.3, -0.25) is 9.69 Å². The quantitative estimate of drug-likeness (QED) is 0.197. The number of likely N-dealkylation sites (tertiary alicyclic amines) is 1. The van der Waals surface area contributed by atoms with E-state index in [1.807, 2.05) is 12.1 Å². The van der Waals surface area contributed by atoms with E-state index in [1.54, 1.807) is 14.2 Å². The molecule has 0 radical (unpaired) electrons. The molecule has 0 spiro atoms. The lowest BCUT2D eigenvalue weighted by Crippen LogP contribution is -2.48. The number of amides is 1. The first-order valence-corrected chi connectivity index (χ1v) is 12.0. The summed E-state index contributed by atoms with van der Waals surface area (Å²) in [5.41, 5.74) is 0.485. The van der Waals surface area contributed by atoms with Gasteiger partial charge < -0.3 is 25.4 Å². The maximum absolute atomic E-state index is 12.7. The summed E-state index contributed by atoms with van der Waals surface area (Å²) in [6.07, 6.45) is 0. The number of nitrogens with zero attached hydrogens (tertiary/aromatic N) is 1. The van der Waals surface area contributed by atoms with E-state index in [9.17, 15) is 4.79 Å². The van der Waals surface area contributed by atoms with E-state index < -0.39 is 0 Å². The molecule has 1 aliphatic heterocycles. The van der Waals surface area contributed by atoms with Crippen LogP contribution in [0.4, 0.5) is 0 Å². The number of hydrogen-bond donors (Lipinski definition) is 5. The monoisotopic (exact) mass is 554 g/mol. The van der Waals surface area contributed by atoms with Gasteiger partial charge in [-0.2, -0.15) is 25.3 Å². The van der Waals surface area contributed by atoms with E-state index in [4.69, 9.17) is 9.47 Å². The van der Waals surface area contributed by atoms with Gasteiger partial charge in [0.1, 0.15) is 0 Å². The van der Waals surface area contributed by atoms with Crippen LogP contribution in [0.5, 0.6) is 11.5 Å². The van der Waals surface area contributed by atoms with Crippen molar-refractivity contribution in [3.05, 3.63) is 21.3 Å². The Bertz CT molecular complexity index is 653. The zero-order valence-electron chi connectivity index (χ0n) is 16.9. The number of nitrogens with one attached hydrogen (secondary N) is 3. The number of ether oxygens (including phenoxy) is 2. The van der Waals surface area contributed by atoms with Crippen LogP contribution in [-0.2, 0) is 0 Å². The molecule has 0 aliphatic carbocycles. The minimum atomic E-state index is -0.160. The fourth-order valence-corrected chi connectivity index (χ4v) is 4.36. The van der Waals surface area contributed by atoms with Crippen molar-refractivity contribution < 1.29 is 14.3 Å². The number of methoxy groups -OCH3 is 2. The number of hydrogen-bond acceptors (Lipinski definition) is 8. The average molecular weight is 555 g/mol. The lowest BCUT2D eigenvalue weighted by molar-refractivity contribution is 0.0946. The van der Waals surface area contributed by atoms with E-state index in [1.165, 1.54) is 0 Å². The Morgan fingerprint density at radius 3 is 2.24 bits per heavy atom. The highest BCUT2D eigenvalue weighted by molar-refractivity contribution is 14.1. The standard InChI is InChI=1S/C19H31IN4O3S2/c1-26-17-10-13(20)9-14(18(17)27-2)19(25)23-3-6-24-11-15(21-4-7-28)16(12-24)22-5-8-29/h9-10,15-16,21-22,28-29H,3-8,11-12H2,1-2H3,(H,23,25)/t15-,16-/m1/s1. The molecule has 2 atom stereocenters. The van der Waals surface area contributed by atoms with E-state index in [2.05, 4.69) is 68.7 Å². The van der Waals surface area contributed by atoms with Gasteiger partial charge >= 0.3 is 0 Å². The Kier molecular flexibility index (Phi) is 11.2. The maximum atomic E-state index is 12.7. The Morgan fingerprint density at radius 2 is 1.72 bits per heavy atom. The number of carbonyl (C=O) groups excluding carboxylic acids is 1. The highest BCUT2D eigenvalue weighted by atomic mass is 127. The predicted molar refractivity (Wildman–Crippen MR) is 132 cm³/mol. The molecule has 1 aromatic rings. The lowest BCUT2D eigenvalue weighted by Gasteiger charge is -2.20. The SMILES string of the molecule is COc1cc(I)cc(C(=O)NCCN2C[C@@H](NCCS)[C@H](NCCS)C2)c1OC. The van der Waals surface area contributed by atoms with Crippen LogP contribution in [0, 0.1) is 3.57 Å². The van der Waals surface area contributed by atoms with E-state index in [0.29, 0.717) is 35.7 Å². The van der Waals surface area contributed by atoms with Crippen molar-refractivity contribution >= 4 is 53.8 Å². The zero-order chi connectivity index (χ0) is 21.2. The largest absolute Gasteiger partial charge is 0.493 e. The molecule has 1 heterocycles. The van der Waals surface area contributed by atoms with Crippen LogP contribution >= 0.6 is 47.8 Å². The van der Waals surface area contributed by atoms with Gasteiger partial charge in [-0.05, 0) is 34.7 Å². The molecule has 0 unspecified atom stereocenters. The second-order valence-electron chi connectivity index (χ2n) is 6.77. The Morgan fingerprint density at radius 1 is 1.10 bits per heavy atom. The fourth-order valence-electron chi connectivity index (χ4n) is 3.50. The van der Waals surface area contributed by atoms with Crippen molar-refractivity contribution in [2.24, 2.45) is 0 Å². The molecule has 1 aliphatic rings. The molecule has 3 N–H and O–H groups in total. The summed E-state index contributed by atoms with van der Waals surface area (Å²) in [5, 5.41) is 10.1. The first-order valence-electron chi connectivity index (χ1n) is 9.64. The predicted octanol–water partition coefficient (Wildman–Crippen LogP) is 1.13. The van der Waals surface area contributed by atoms with Gasteiger partial charge in [-0.15, -0.1) is 0 Å². The normalized spacial score (nSPS) is 19.3. The molecule has 1 amide bonds. The van der Waals surface area contributed by atoms with Crippen molar-refractivity contribution in [1.82, 2.24) is 20.9 Å². The molecular formula is C19H31IN4O3S2. The third-order valence-corrected chi connectivity index (χ3v) is 5.90. The van der Waals surface area contributed by atoms with Gasteiger partial charge in [-0.1, -0.05) is 0 Å². The number of benzene rings is 1. The molecule has 0 aromatic heterocycles. The smallest absolute Gasteiger partial charge is 0.255 e. The van der Waals surface area contributed by atoms with Crippen LogP contribution in [0.2, 0.25) is 0 Å². The van der Waals surface area contributed by atoms with Gasteiger partial charge in [0.15, 0.2) is 11.5 Å². The molecule has 2 rings (SSSR count). The lowest BCUT2D eigenvalue weighted by atomic mass is 10.1.